The van der Waals surface area contributed by atoms with Crippen LogP contribution in [0.25, 0.3) is 11.3 Å². The number of H-pyrrole nitrogens is 1. The van der Waals surface area contributed by atoms with Crippen LogP contribution in [-0.4, -0.2) is 33.7 Å². The number of nitrogens with zero attached hydrogens (tertiary/aromatic N) is 3. The number of aromatic amines is 1. The zero-order valence-corrected chi connectivity index (χ0v) is 13.0. The summed E-state index contributed by atoms with van der Waals surface area (Å²) in [6.07, 6.45) is 4.61. The molecule has 0 saturated heterocycles. The Hall–Kier alpha value is -2.53. The molecule has 0 radical (unpaired) electrons. The van der Waals surface area contributed by atoms with Crippen LogP contribution < -0.4 is 0 Å². The minimum Gasteiger partial charge on any atom is -0.300 e. The van der Waals surface area contributed by atoms with Crippen molar-refractivity contribution < 1.29 is 4.39 Å². The summed E-state index contributed by atoms with van der Waals surface area (Å²) in [5.74, 6) is -0.249. The van der Waals surface area contributed by atoms with Crippen LogP contribution in [0.1, 0.15) is 11.3 Å². The minimum atomic E-state index is -0.249. The maximum absolute atomic E-state index is 13.3. The van der Waals surface area contributed by atoms with Gasteiger partial charge in [-0.2, -0.15) is 5.10 Å². The van der Waals surface area contributed by atoms with E-state index in [-0.39, 0.29) is 5.82 Å². The smallest absolute Gasteiger partial charge is 0.123 e. The molecule has 2 heterocycles. The first kappa shape index (κ1) is 15.4. The molecule has 2 aromatic heterocycles. The first-order valence-electron chi connectivity index (χ1n) is 7.58. The van der Waals surface area contributed by atoms with Gasteiger partial charge in [0, 0.05) is 36.7 Å². The van der Waals surface area contributed by atoms with Gasteiger partial charge >= 0.3 is 0 Å². The molecule has 0 aliphatic heterocycles. The Morgan fingerprint density at radius 3 is 2.74 bits per heavy atom. The number of aromatic nitrogens is 3. The lowest BCUT2D eigenvalue weighted by Gasteiger charge is -2.15. The third kappa shape index (κ3) is 4.23. The Morgan fingerprint density at radius 2 is 1.96 bits per heavy atom. The highest BCUT2D eigenvalue weighted by molar-refractivity contribution is 5.59. The van der Waals surface area contributed by atoms with E-state index in [1.54, 1.807) is 6.07 Å². The molecule has 0 amide bonds. The van der Waals surface area contributed by atoms with Crippen molar-refractivity contribution in [1.29, 1.82) is 0 Å². The molecule has 118 valence electrons. The van der Waals surface area contributed by atoms with Gasteiger partial charge in [-0.3, -0.25) is 10.1 Å². The molecule has 3 rings (SSSR count). The van der Waals surface area contributed by atoms with Gasteiger partial charge in [0.25, 0.3) is 0 Å². The number of nitrogens with one attached hydrogen (secondary N) is 1. The highest BCUT2D eigenvalue weighted by Gasteiger charge is 2.07. The van der Waals surface area contributed by atoms with Gasteiger partial charge in [0.1, 0.15) is 5.82 Å². The number of likely N-dealkylation sites (N-methyl/N-ethyl adjacent to an activating group) is 1. The fraction of sp³-hybridized carbons (Fsp3) is 0.222. The quantitative estimate of drug-likeness (QED) is 0.760. The fourth-order valence-electron chi connectivity index (χ4n) is 2.48. The van der Waals surface area contributed by atoms with Gasteiger partial charge in [-0.15, -0.1) is 0 Å². The second kappa shape index (κ2) is 7.15. The average Bonchev–Trinajstić information content (AvgIpc) is 3.02. The summed E-state index contributed by atoms with van der Waals surface area (Å²) in [5, 5.41) is 7.30. The summed E-state index contributed by atoms with van der Waals surface area (Å²) in [6, 6.07) is 12.5. The number of halogens is 1. The van der Waals surface area contributed by atoms with E-state index in [1.807, 2.05) is 36.7 Å². The largest absolute Gasteiger partial charge is 0.300 e. The Kier molecular flexibility index (Phi) is 4.78. The van der Waals surface area contributed by atoms with Crippen molar-refractivity contribution in [2.45, 2.75) is 13.0 Å². The molecule has 0 saturated carbocycles. The maximum Gasteiger partial charge on any atom is 0.123 e. The van der Waals surface area contributed by atoms with Gasteiger partial charge in [0.2, 0.25) is 0 Å². The van der Waals surface area contributed by atoms with Crippen LogP contribution in [0.3, 0.4) is 0 Å². The SMILES string of the molecule is CN(CCc1ccncc1)Cc1cc(-c2cccc(F)c2)n[nH]1. The molecule has 0 spiro atoms. The van der Waals surface area contributed by atoms with E-state index in [9.17, 15) is 4.39 Å². The first-order valence-corrected chi connectivity index (χ1v) is 7.58. The normalized spacial score (nSPS) is 11.1. The van der Waals surface area contributed by atoms with Gasteiger partial charge < -0.3 is 4.90 Å². The lowest BCUT2D eigenvalue weighted by atomic mass is 10.1. The third-order valence-electron chi connectivity index (χ3n) is 3.72. The number of hydrogen-bond donors (Lipinski definition) is 1. The lowest BCUT2D eigenvalue weighted by molar-refractivity contribution is 0.327. The molecule has 0 atom stereocenters. The van der Waals surface area contributed by atoms with Crippen LogP contribution in [0.2, 0.25) is 0 Å². The van der Waals surface area contributed by atoms with Crippen LogP contribution >= 0.6 is 0 Å². The number of benzene rings is 1. The molecule has 0 aliphatic rings. The van der Waals surface area contributed by atoms with Crippen LogP contribution in [-0.2, 0) is 13.0 Å². The molecule has 23 heavy (non-hydrogen) atoms. The van der Waals surface area contributed by atoms with Crippen molar-refractivity contribution in [3.05, 3.63) is 71.9 Å². The Labute approximate surface area is 135 Å². The zero-order valence-electron chi connectivity index (χ0n) is 13.0. The molecule has 0 bridgehead atoms. The molecule has 0 aliphatic carbocycles. The van der Waals surface area contributed by atoms with E-state index in [0.29, 0.717) is 0 Å². The Bertz CT molecular complexity index is 754. The predicted molar refractivity (Wildman–Crippen MR) is 88.3 cm³/mol. The molecule has 1 aromatic carbocycles. The van der Waals surface area contributed by atoms with Crippen molar-refractivity contribution >= 4 is 0 Å². The second-order valence-corrected chi connectivity index (χ2v) is 5.63. The Balaban J connectivity index is 1.58. The van der Waals surface area contributed by atoms with Gasteiger partial charge in [0.05, 0.1) is 5.69 Å². The highest BCUT2D eigenvalue weighted by atomic mass is 19.1. The number of pyridine rings is 1. The van der Waals surface area contributed by atoms with Crippen LogP contribution in [0.15, 0.2) is 54.9 Å². The molecule has 4 nitrogen and oxygen atoms in total. The van der Waals surface area contributed by atoms with Crippen molar-refractivity contribution in [2.75, 3.05) is 13.6 Å². The molecule has 5 heteroatoms. The summed E-state index contributed by atoms with van der Waals surface area (Å²) in [6.45, 7) is 1.71. The van der Waals surface area contributed by atoms with E-state index in [1.165, 1.54) is 17.7 Å². The lowest BCUT2D eigenvalue weighted by Crippen LogP contribution is -2.20. The van der Waals surface area contributed by atoms with Gasteiger partial charge in [-0.1, -0.05) is 12.1 Å². The third-order valence-corrected chi connectivity index (χ3v) is 3.72. The topological polar surface area (TPSA) is 44.8 Å². The summed E-state index contributed by atoms with van der Waals surface area (Å²) < 4.78 is 13.3. The summed E-state index contributed by atoms with van der Waals surface area (Å²) in [5.41, 5.74) is 3.84. The molecule has 0 unspecified atom stereocenters. The van der Waals surface area contributed by atoms with Gasteiger partial charge in [-0.05, 0) is 49.4 Å². The first-order chi connectivity index (χ1) is 11.2. The van der Waals surface area contributed by atoms with Crippen LogP contribution in [0.5, 0.6) is 0 Å². The number of hydrogen-bond acceptors (Lipinski definition) is 3. The highest BCUT2D eigenvalue weighted by Crippen LogP contribution is 2.19. The van der Waals surface area contributed by atoms with Crippen molar-refractivity contribution in [3.63, 3.8) is 0 Å². The minimum absolute atomic E-state index is 0.249. The predicted octanol–water partition coefficient (Wildman–Crippen LogP) is 3.29. The average molecular weight is 310 g/mol. The van der Waals surface area contributed by atoms with E-state index in [4.69, 9.17) is 0 Å². The van der Waals surface area contributed by atoms with Crippen LogP contribution in [0.4, 0.5) is 4.39 Å². The summed E-state index contributed by atoms with van der Waals surface area (Å²) in [4.78, 5) is 6.25. The van der Waals surface area contributed by atoms with E-state index < -0.39 is 0 Å². The van der Waals surface area contributed by atoms with Crippen molar-refractivity contribution in [3.8, 4) is 11.3 Å². The molecule has 3 aromatic rings. The monoisotopic (exact) mass is 310 g/mol. The molecule has 0 fully saturated rings. The molecule has 1 N–H and O–H groups in total. The molecular formula is C18H19FN4. The van der Waals surface area contributed by atoms with Crippen LogP contribution in [0, 0.1) is 5.82 Å². The maximum atomic E-state index is 13.3. The zero-order chi connectivity index (χ0) is 16.1. The van der Waals surface area contributed by atoms with E-state index >= 15 is 0 Å². The van der Waals surface area contributed by atoms with Crippen molar-refractivity contribution in [2.24, 2.45) is 0 Å². The Morgan fingerprint density at radius 1 is 1.13 bits per heavy atom. The van der Waals surface area contributed by atoms with Gasteiger partial charge in [-0.25, -0.2) is 4.39 Å². The van der Waals surface area contributed by atoms with Gasteiger partial charge in [0.15, 0.2) is 0 Å². The summed E-state index contributed by atoms with van der Waals surface area (Å²) in [7, 11) is 2.07. The molecular weight excluding hydrogens is 291 g/mol. The van der Waals surface area contributed by atoms with E-state index in [0.717, 1.165) is 36.5 Å². The number of rotatable bonds is 6. The summed E-state index contributed by atoms with van der Waals surface area (Å²) >= 11 is 0. The standard InChI is InChI=1S/C18H19FN4/c1-23(10-7-14-5-8-20-9-6-14)13-17-12-18(22-21-17)15-3-2-4-16(19)11-15/h2-6,8-9,11-12H,7,10,13H2,1H3,(H,21,22). The van der Waals surface area contributed by atoms with E-state index in [2.05, 4.69) is 27.1 Å². The second-order valence-electron chi connectivity index (χ2n) is 5.63. The fourth-order valence-corrected chi connectivity index (χ4v) is 2.48. The van der Waals surface area contributed by atoms with Crippen molar-refractivity contribution in [1.82, 2.24) is 20.1 Å².